The maximum atomic E-state index is 10.2. The van der Waals surface area contributed by atoms with Crippen LogP contribution >= 0.6 is 0 Å². The van der Waals surface area contributed by atoms with Crippen LogP contribution in [0.5, 0.6) is 5.75 Å². The number of ether oxygens (including phenoxy) is 2. The van der Waals surface area contributed by atoms with E-state index in [-0.39, 0.29) is 6.61 Å². The van der Waals surface area contributed by atoms with Gasteiger partial charge in [0.2, 0.25) is 0 Å². The average molecular weight is 437 g/mol. The highest BCUT2D eigenvalue weighted by Gasteiger charge is 2.27. The van der Waals surface area contributed by atoms with Crippen molar-refractivity contribution >= 4 is 23.7 Å². The summed E-state index contributed by atoms with van der Waals surface area (Å²) < 4.78 is 13.2. The van der Waals surface area contributed by atoms with Gasteiger partial charge in [0.25, 0.3) is 0 Å². The molecule has 1 saturated heterocycles. The largest absolute Gasteiger partial charge is 0.487 e. The zero-order valence-corrected chi connectivity index (χ0v) is 18.4. The van der Waals surface area contributed by atoms with Gasteiger partial charge in [-0.3, -0.25) is 4.68 Å². The van der Waals surface area contributed by atoms with E-state index < -0.39 is 12.2 Å². The number of nitrogens with one attached hydrogen (secondary N) is 3. The highest BCUT2D eigenvalue weighted by Crippen LogP contribution is 2.31. The molecule has 4 rings (SSSR count). The molecule has 2 atom stereocenters. The predicted molar refractivity (Wildman–Crippen MR) is 124 cm³/mol. The zero-order valence-electron chi connectivity index (χ0n) is 18.4. The Labute approximate surface area is 186 Å². The zero-order chi connectivity index (χ0) is 22.7. The van der Waals surface area contributed by atoms with Gasteiger partial charge in [-0.25, -0.2) is 4.98 Å². The van der Waals surface area contributed by atoms with E-state index in [1.807, 2.05) is 25.2 Å². The maximum absolute atomic E-state index is 10.2. The van der Waals surface area contributed by atoms with Crippen molar-refractivity contribution < 1.29 is 14.6 Å². The standard InChI is InChI=1S/C23H28N6O3/c1-14-5-4-6-15(9-14)17-10-22(29(3)28-17)26-21-11-20(16(12-24)23(25-2)27-21)32-19-7-8-31-13-18(19)30/h4-6,9-12,18-19,24,30H,7-8,13H2,1-3H3,(H2,25,26,27). The molecule has 1 aliphatic heterocycles. The average Bonchev–Trinajstić information content (AvgIpc) is 3.15. The molecule has 1 aromatic carbocycles. The van der Waals surface area contributed by atoms with E-state index in [2.05, 4.69) is 39.8 Å². The number of pyridine rings is 1. The Balaban J connectivity index is 1.64. The van der Waals surface area contributed by atoms with Gasteiger partial charge in [0.05, 0.1) is 24.5 Å². The maximum Gasteiger partial charge on any atom is 0.140 e. The minimum Gasteiger partial charge on any atom is -0.487 e. The predicted octanol–water partition coefficient (Wildman–Crippen LogP) is 3.10. The summed E-state index contributed by atoms with van der Waals surface area (Å²) in [5.74, 6) is 2.27. The van der Waals surface area contributed by atoms with Gasteiger partial charge in [0, 0.05) is 44.4 Å². The van der Waals surface area contributed by atoms with E-state index in [0.29, 0.717) is 36.0 Å². The number of hydrogen-bond donors (Lipinski definition) is 4. The summed E-state index contributed by atoms with van der Waals surface area (Å²) in [4.78, 5) is 4.59. The molecule has 0 spiro atoms. The van der Waals surface area contributed by atoms with Crippen molar-refractivity contribution in [3.63, 3.8) is 0 Å². The minimum absolute atomic E-state index is 0.233. The quantitative estimate of drug-likeness (QED) is 0.421. The molecule has 2 aromatic heterocycles. The molecule has 32 heavy (non-hydrogen) atoms. The topological polar surface area (TPSA) is 117 Å². The molecule has 0 amide bonds. The highest BCUT2D eigenvalue weighted by molar-refractivity contribution is 5.89. The third kappa shape index (κ3) is 4.58. The first-order chi connectivity index (χ1) is 15.5. The van der Waals surface area contributed by atoms with Crippen LogP contribution in [0.3, 0.4) is 0 Å². The van der Waals surface area contributed by atoms with Gasteiger partial charge in [-0.1, -0.05) is 23.8 Å². The number of benzene rings is 1. The summed E-state index contributed by atoms with van der Waals surface area (Å²) in [7, 11) is 3.61. The van der Waals surface area contributed by atoms with Crippen molar-refractivity contribution in [2.75, 3.05) is 30.9 Å². The smallest absolute Gasteiger partial charge is 0.140 e. The van der Waals surface area contributed by atoms with Gasteiger partial charge in [-0.15, -0.1) is 0 Å². The number of aliphatic hydroxyl groups is 1. The number of hydrogen-bond acceptors (Lipinski definition) is 8. The van der Waals surface area contributed by atoms with Gasteiger partial charge in [-0.2, -0.15) is 5.10 Å². The van der Waals surface area contributed by atoms with Crippen LogP contribution in [0.1, 0.15) is 17.5 Å². The fourth-order valence-corrected chi connectivity index (χ4v) is 3.69. The number of nitrogens with zero attached hydrogens (tertiary/aromatic N) is 3. The van der Waals surface area contributed by atoms with E-state index in [1.165, 1.54) is 11.8 Å². The summed E-state index contributed by atoms with van der Waals surface area (Å²) in [6.07, 6.45) is 0.634. The molecule has 3 aromatic rings. The first kappa shape index (κ1) is 21.8. The summed E-state index contributed by atoms with van der Waals surface area (Å²) in [5.41, 5.74) is 3.57. The van der Waals surface area contributed by atoms with Crippen LogP contribution in [0, 0.1) is 12.3 Å². The van der Waals surface area contributed by atoms with E-state index in [1.54, 1.807) is 17.8 Å². The second-order valence-electron chi connectivity index (χ2n) is 7.78. The van der Waals surface area contributed by atoms with Crippen molar-refractivity contribution in [2.45, 2.75) is 25.6 Å². The molecule has 3 heterocycles. The van der Waals surface area contributed by atoms with Gasteiger partial charge in [0.1, 0.15) is 35.4 Å². The number of anilines is 3. The Morgan fingerprint density at radius 3 is 2.88 bits per heavy atom. The van der Waals surface area contributed by atoms with Gasteiger partial charge in [0.15, 0.2) is 0 Å². The Kier molecular flexibility index (Phi) is 6.38. The molecule has 9 nitrogen and oxygen atoms in total. The van der Waals surface area contributed by atoms with Crippen molar-refractivity contribution in [1.82, 2.24) is 14.8 Å². The fourth-order valence-electron chi connectivity index (χ4n) is 3.69. The van der Waals surface area contributed by atoms with Gasteiger partial charge < -0.3 is 30.6 Å². The summed E-state index contributed by atoms with van der Waals surface area (Å²) >= 11 is 0. The molecule has 168 valence electrons. The Bertz CT molecular complexity index is 1110. The van der Waals surface area contributed by atoms with Crippen molar-refractivity contribution in [3.8, 4) is 17.0 Å². The van der Waals surface area contributed by atoms with Crippen molar-refractivity contribution in [3.05, 3.63) is 47.5 Å². The summed E-state index contributed by atoms with van der Waals surface area (Å²) in [5, 5.41) is 29.0. The normalized spacial score (nSPS) is 18.2. The number of rotatable bonds is 7. The first-order valence-corrected chi connectivity index (χ1v) is 10.5. The molecular formula is C23H28N6O3. The van der Waals surface area contributed by atoms with Crippen LogP contribution in [0.15, 0.2) is 36.4 Å². The number of aromatic nitrogens is 3. The van der Waals surface area contributed by atoms with Crippen LogP contribution in [-0.2, 0) is 11.8 Å². The number of aryl methyl sites for hydroxylation is 2. The Morgan fingerprint density at radius 1 is 1.31 bits per heavy atom. The highest BCUT2D eigenvalue weighted by atomic mass is 16.5. The molecular weight excluding hydrogens is 408 g/mol. The lowest BCUT2D eigenvalue weighted by Gasteiger charge is -2.29. The van der Waals surface area contributed by atoms with Crippen LogP contribution in [0.25, 0.3) is 11.3 Å². The fraction of sp³-hybridized carbons (Fsp3) is 0.348. The summed E-state index contributed by atoms with van der Waals surface area (Å²) in [6.45, 7) is 2.81. The van der Waals surface area contributed by atoms with Crippen LogP contribution in [0.2, 0.25) is 0 Å². The Morgan fingerprint density at radius 2 is 2.16 bits per heavy atom. The first-order valence-electron chi connectivity index (χ1n) is 10.5. The SMILES string of the molecule is CNc1nc(Nc2cc(-c3cccc(C)c3)nn2C)cc(OC2CCOCC2O)c1C=N. The minimum atomic E-state index is -0.723. The molecule has 4 N–H and O–H groups in total. The molecule has 0 bridgehead atoms. The van der Waals surface area contributed by atoms with E-state index >= 15 is 0 Å². The third-order valence-corrected chi connectivity index (χ3v) is 5.39. The van der Waals surface area contributed by atoms with Crippen LogP contribution < -0.4 is 15.4 Å². The molecule has 0 radical (unpaired) electrons. The second-order valence-corrected chi connectivity index (χ2v) is 7.78. The van der Waals surface area contributed by atoms with E-state index in [4.69, 9.17) is 14.9 Å². The molecule has 9 heteroatoms. The van der Waals surface area contributed by atoms with Gasteiger partial charge in [-0.05, 0) is 13.0 Å². The van der Waals surface area contributed by atoms with Gasteiger partial charge >= 0.3 is 0 Å². The lowest BCUT2D eigenvalue weighted by Crippen LogP contribution is -2.40. The monoisotopic (exact) mass is 436 g/mol. The van der Waals surface area contributed by atoms with Crippen LogP contribution in [-0.4, -0.2) is 58.6 Å². The summed E-state index contributed by atoms with van der Waals surface area (Å²) in [6, 6.07) is 11.9. The lowest BCUT2D eigenvalue weighted by atomic mass is 10.1. The molecule has 0 aliphatic carbocycles. The van der Waals surface area contributed by atoms with Crippen molar-refractivity contribution in [1.29, 1.82) is 5.41 Å². The van der Waals surface area contributed by atoms with E-state index in [9.17, 15) is 5.11 Å². The molecule has 2 unspecified atom stereocenters. The van der Waals surface area contributed by atoms with Crippen LogP contribution in [0.4, 0.5) is 17.5 Å². The number of aliphatic hydroxyl groups excluding tert-OH is 1. The molecule has 1 aliphatic rings. The molecule has 1 fully saturated rings. The van der Waals surface area contributed by atoms with E-state index in [0.717, 1.165) is 17.1 Å². The third-order valence-electron chi connectivity index (χ3n) is 5.39. The van der Waals surface area contributed by atoms with Crippen molar-refractivity contribution in [2.24, 2.45) is 7.05 Å². The second kappa shape index (κ2) is 9.37. The Hall–Kier alpha value is -3.43. The lowest BCUT2D eigenvalue weighted by molar-refractivity contribution is -0.0751. The molecule has 0 saturated carbocycles.